The van der Waals surface area contributed by atoms with Gasteiger partial charge >= 0.3 is 0 Å². The zero-order chi connectivity index (χ0) is 12.7. The van der Waals surface area contributed by atoms with Crippen molar-refractivity contribution in [2.75, 3.05) is 6.54 Å². The van der Waals surface area contributed by atoms with Crippen LogP contribution in [-0.2, 0) is 0 Å². The summed E-state index contributed by atoms with van der Waals surface area (Å²) in [5, 5.41) is 0. The van der Waals surface area contributed by atoms with Crippen molar-refractivity contribution >= 4 is 44.8 Å². The first-order valence-electron chi connectivity index (χ1n) is 6.20. The molecule has 1 aliphatic carbocycles. The van der Waals surface area contributed by atoms with E-state index in [-0.39, 0.29) is 6.04 Å². The van der Waals surface area contributed by atoms with E-state index < -0.39 is 0 Å². The van der Waals surface area contributed by atoms with Gasteiger partial charge in [-0.1, -0.05) is 24.4 Å². The van der Waals surface area contributed by atoms with Crippen LogP contribution in [0.25, 0.3) is 0 Å². The molecule has 2 heterocycles. The lowest BCUT2D eigenvalue weighted by atomic mass is 10.1. The molecule has 0 aromatic carbocycles. The minimum absolute atomic E-state index is 0.280. The Bertz CT molecular complexity index is 462. The summed E-state index contributed by atoms with van der Waals surface area (Å²) in [5.74, 6) is 0.701. The largest absolute Gasteiger partial charge is 0.370 e. The van der Waals surface area contributed by atoms with Gasteiger partial charge in [-0.15, -0.1) is 11.3 Å². The van der Waals surface area contributed by atoms with E-state index in [0.717, 1.165) is 15.4 Å². The SMILES string of the molecule is NC1=NCC(c2cc(Br)c(Cl)s2)N1C1CCCC1. The van der Waals surface area contributed by atoms with E-state index in [1.165, 1.54) is 30.6 Å². The first-order chi connectivity index (χ1) is 8.66. The molecule has 6 heteroatoms. The Hall–Kier alpha value is -0.260. The maximum absolute atomic E-state index is 6.14. The molecule has 0 spiro atoms. The lowest BCUT2D eigenvalue weighted by Crippen LogP contribution is -2.42. The number of nitrogens with two attached hydrogens (primary N) is 1. The Morgan fingerprint density at radius 3 is 2.78 bits per heavy atom. The van der Waals surface area contributed by atoms with Gasteiger partial charge in [0.1, 0.15) is 4.34 Å². The van der Waals surface area contributed by atoms with Gasteiger partial charge in [-0.3, -0.25) is 4.99 Å². The molecule has 2 aliphatic rings. The van der Waals surface area contributed by atoms with Gasteiger partial charge in [0.15, 0.2) is 5.96 Å². The predicted octanol–water partition coefficient (Wildman–Crippen LogP) is 3.78. The molecule has 1 unspecified atom stereocenters. The van der Waals surface area contributed by atoms with E-state index >= 15 is 0 Å². The van der Waals surface area contributed by atoms with Gasteiger partial charge in [0.25, 0.3) is 0 Å². The molecule has 2 N–H and O–H groups in total. The van der Waals surface area contributed by atoms with E-state index in [1.54, 1.807) is 11.3 Å². The Balaban J connectivity index is 1.87. The fourth-order valence-electron chi connectivity index (χ4n) is 2.89. The van der Waals surface area contributed by atoms with Gasteiger partial charge < -0.3 is 10.6 Å². The smallest absolute Gasteiger partial charge is 0.192 e. The van der Waals surface area contributed by atoms with Crippen molar-refractivity contribution in [1.29, 1.82) is 0 Å². The third-order valence-electron chi connectivity index (χ3n) is 3.74. The van der Waals surface area contributed by atoms with Crippen LogP contribution in [-0.4, -0.2) is 23.4 Å². The highest BCUT2D eigenvalue weighted by atomic mass is 79.9. The van der Waals surface area contributed by atoms with Crippen LogP contribution in [0, 0.1) is 0 Å². The Kier molecular flexibility index (Phi) is 3.56. The molecule has 3 nitrogen and oxygen atoms in total. The van der Waals surface area contributed by atoms with E-state index in [0.29, 0.717) is 12.0 Å². The lowest BCUT2D eigenvalue weighted by Gasteiger charge is -2.31. The lowest BCUT2D eigenvalue weighted by molar-refractivity contribution is 0.265. The monoisotopic (exact) mass is 347 g/mol. The van der Waals surface area contributed by atoms with Crippen LogP contribution >= 0.6 is 38.9 Å². The number of aliphatic imine (C=N–C) groups is 1. The molecule has 1 aromatic rings. The van der Waals surface area contributed by atoms with Gasteiger partial charge in [0, 0.05) is 15.4 Å². The summed E-state index contributed by atoms with van der Waals surface area (Å²) in [6, 6.07) is 2.94. The summed E-state index contributed by atoms with van der Waals surface area (Å²) in [4.78, 5) is 7.99. The van der Waals surface area contributed by atoms with Crippen molar-refractivity contribution in [1.82, 2.24) is 4.90 Å². The van der Waals surface area contributed by atoms with E-state index in [9.17, 15) is 0 Å². The fourth-order valence-corrected chi connectivity index (χ4v) is 4.71. The third-order valence-corrected chi connectivity index (χ3v) is 6.31. The molecule has 0 bridgehead atoms. The average molecular weight is 349 g/mol. The maximum Gasteiger partial charge on any atom is 0.192 e. The molecule has 0 amide bonds. The Morgan fingerprint density at radius 1 is 1.44 bits per heavy atom. The molecular formula is C12H15BrClN3S. The van der Waals surface area contributed by atoms with Crippen LogP contribution < -0.4 is 5.73 Å². The first kappa shape index (κ1) is 12.8. The predicted molar refractivity (Wildman–Crippen MR) is 80.4 cm³/mol. The van der Waals surface area contributed by atoms with Crippen LogP contribution in [0.5, 0.6) is 0 Å². The van der Waals surface area contributed by atoms with Crippen molar-refractivity contribution in [2.24, 2.45) is 10.7 Å². The second kappa shape index (κ2) is 5.02. The summed E-state index contributed by atoms with van der Waals surface area (Å²) in [7, 11) is 0. The number of rotatable bonds is 2. The standard InChI is InChI=1S/C12H15BrClN3S/c13-8-5-10(18-11(8)14)9-6-16-12(15)17(9)7-3-1-2-4-7/h5,7,9H,1-4,6H2,(H2,15,16). The number of hydrogen-bond acceptors (Lipinski definition) is 4. The number of nitrogens with zero attached hydrogens (tertiary/aromatic N) is 2. The van der Waals surface area contributed by atoms with Crippen LogP contribution in [0.2, 0.25) is 4.34 Å². The quantitative estimate of drug-likeness (QED) is 0.883. The second-order valence-electron chi connectivity index (χ2n) is 4.83. The van der Waals surface area contributed by atoms with Crippen molar-refractivity contribution < 1.29 is 0 Å². The van der Waals surface area contributed by atoms with Gasteiger partial charge in [-0.25, -0.2) is 0 Å². The Labute approximate surface area is 124 Å². The minimum atomic E-state index is 0.280. The average Bonchev–Trinajstić information content (AvgIpc) is 3.01. The van der Waals surface area contributed by atoms with Crippen molar-refractivity contribution in [3.8, 4) is 0 Å². The maximum atomic E-state index is 6.14. The zero-order valence-corrected chi connectivity index (χ0v) is 13.1. The van der Waals surface area contributed by atoms with Crippen LogP contribution in [0.3, 0.4) is 0 Å². The van der Waals surface area contributed by atoms with E-state index in [4.69, 9.17) is 17.3 Å². The molecule has 1 fully saturated rings. The number of thiophene rings is 1. The van der Waals surface area contributed by atoms with Gasteiger partial charge in [-0.05, 0) is 34.8 Å². The summed E-state index contributed by atoms with van der Waals surface area (Å²) >= 11 is 11.2. The van der Waals surface area contributed by atoms with Gasteiger partial charge in [-0.2, -0.15) is 0 Å². The molecule has 1 saturated carbocycles. The third kappa shape index (κ3) is 2.17. The molecule has 1 atom stereocenters. The first-order valence-corrected chi connectivity index (χ1v) is 8.18. The highest BCUT2D eigenvalue weighted by molar-refractivity contribution is 9.10. The summed E-state index contributed by atoms with van der Waals surface area (Å²) < 4.78 is 1.78. The number of hydrogen-bond donors (Lipinski definition) is 1. The van der Waals surface area contributed by atoms with E-state index in [1.807, 2.05) is 0 Å². The number of halogens is 2. The normalized spacial score (nSPS) is 24.9. The zero-order valence-electron chi connectivity index (χ0n) is 9.90. The molecule has 0 radical (unpaired) electrons. The van der Waals surface area contributed by atoms with Crippen molar-refractivity contribution in [3.05, 3.63) is 19.8 Å². The second-order valence-corrected chi connectivity index (χ2v) is 7.37. The van der Waals surface area contributed by atoms with Crippen molar-refractivity contribution in [3.63, 3.8) is 0 Å². The summed E-state index contributed by atoms with van der Waals surface area (Å²) in [5.41, 5.74) is 6.07. The molecule has 1 aromatic heterocycles. The van der Waals surface area contributed by atoms with Gasteiger partial charge in [0.05, 0.1) is 12.6 Å². The highest BCUT2D eigenvalue weighted by Crippen LogP contribution is 2.41. The van der Waals surface area contributed by atoms with Crippen LogP contribution in [0.4, 0.5) is 0 Å². The van der Waals surface area contributed by atoms with Crippen molar-refractivity contribution in [2.45, 2.75) is 37.8 Å². The topological polar surface area (TPSA) is 41.6 Å². The number of guanidine groups is 1. The summed E-state index contributed by atoms with van der Waals surface area (Å²) in [6.07, 6.45) is 5.06. The van der Waals surface area contributed by atoms with Crippen LogP contribution in [0.1, 0.15) is 36.6 Å². The molecular weight excluding hydrogens is 334 g/mol. The Morgan fingerprint density at radius 2 is 2.17 bits per heavy atom. The van der Waals surface area contributed by atoms with Gasteiger partial charge in [0.2, 0.25) is 0 Å². The highest BCUT2D eigenvalue weighted by Gasteiger charge is 2.35. The molecule has 98 valence electrons. The fraction of sp³-hybridized carbons (Fsp3) is 0.583. The minimum Gasteiger partial charge on any atom is -0.370 e. The molecule has 1 aliphatic heterocycles. The molecule has 0 saturated heterocycles. The summed E-state index contributed by atoms with van der Waals surface area (Å²) in [6.45, 7) is 0.756. The molecule has 18 heavy (non-hydrogen) atoms. The molecule has 3 rings (SSSR count). The van der Waals surface area contributed by atoms with Crippen LogP contribution in [0.15, 0.2) is 15.5 Å². The van der Waals surface area contributed by atoms with E-state index in [2.05, 4.69) is 31.9 Å².